The zero-order valence-corrected chi connectivity index (χ0v) is 11.6. The quantitative estimate of drug-likeness (QED) is 0.899. The smallest absolute Gasteiger partial charge is 0.203 e. The predicted octanol–water partition coefficient (Wildman–Crippen LogP) is 3.22. The van der Waals surface area contributed by atoms with Gasteiger partial charge in [0.25, 0.3) is 0 Å². The van der Waals surface area contributed by atoms with Gasteiger partial charge in [0.1, 0.15) is 5.01 Å². The minimum absolute atomic E-state index is 0.299. The van der Waals surface area contributed by atoms with E-state index in [2.05, 4.69) is 33.0 Å². The average molecular weight is 262 g/mol. The van der Waals surface area contributed by atoms with Gasteiger partial charge >= 0.3 is 0 Å². The van der Waals surface area contributed by atoms with Crippen LogP contribution in [0.5, 0.6) is 0 Å². The maximum absolute atomic E-state index is 4.60. The Hall–Kier alpha value is -1.36. The second kappa shape index (κ2) is 4.72. The molecular formula is C13H18N4S. The molecule has 0 aromatic carbocycles. The largest absolute Gasteiger partial charge is 0.353 e. The van der Waals surface area contributed by atoms with Gasteiger partial charge < -0.3 is 9.88 Å². The Balaban J connectivity index is 1.93. The lowest BCUT2D eigenvalue weighted by Gasteiger charge is -2.17. The summed E-state index contributed by atoms with van der Waals surface area (Å²) in [5.41, 5.74) is 1.06. The molecule has 1 aliphatic rings. The molecule has 0 spiro atoms. The van der Waals surface area contributed by atoms with E-state index in [-0.39, 0.29) is 0 Å². The summed E-state index contributed by atoms with van der Waals surface area (Å²) >= 11 is 1.72. The highest BCUT2D eigenvalue weighted by Crippen LogP contribution is 2.30. The Bertz CT molecular complexity index is 513. The number of imidazole rings is 1. The molecule has 3 rings (SSSR count). The van der Waals surface area contributed by atoms with E-state index in [1.54, 1.807) is 11.3 Å². The Labute approximate surface area is 111 Å². The number of nitrogens with one attached hydrogen (secondary N) is 1. The molecule has 0 saturated heterocycles. The first-order valence-electron chi connectivity index (χ1n) is 6.49. The number of anilines is 1. The van der Waals surface area contributed by atoms with Crippen molar-refractivity contribution in [3.8, 4) is 0 Å². The Kier molecular flexibility index (Phi) is 3.07. The fraction of sp³-hybridized carbons (Fsp3) is 0.538. The van der Waals surface area contributed by atoms with Crippen molar-refractivity contribution in [2.24, 2.45) is 0 Å². The van der Waals surface area contributed by atoms with E-state index in [1.807, 2.05) is 18.5 Å². The predicted molar refractivity (Wildman–Crippen MR) is 74.2 cm³/mol. The SMILES string of the molecule is CCC(c1nccs1)n1cc(C)nc1NC1CC1. The van der Waals surface area contributed by atoms with Crippen molar-refractivity contribution in [2.75, 3.05) is 5.32 Å². The Morgan fingerprint density at radius 2 is 2.39 bits per heavy atom. The molecule has 2 aromatic heterocycles. The van der Waals surface area contributed by atoms with E-state index in [4.69, 9.17) is 0 Å². The summed E-state index contributed by atoms with van der Waals surface area (Å²) in [6, 6.07) is 0.923. The number of hydrogen-bond acceptors (Lipinski definition) is 4. The molecule has 0 radical (unpaired) electrons. The van der Waals surface area contributed by atoms with E-state index in [0.29, 0.717) is 12.1 Å². The minimum atomic E-state index is 0.299. The first-order chi connectivity index (χ1) is 8.78. The third-order valence-corrected chi connectivity index (χ3v) is 4.10. The lowest BCUT2D eigenvalue weighted by molar-refractivity contribution is 0.567. The van der Waals surface area contributed by atoms with Crippen LogP contribution in [0.3, 0.4) is 0 Å². The van der Waals surface area contributed by atoms with Gasteiger partial charge in [-0.2, -0.15) is 0 Å². The zero-order valence-electron chi connectivity index (χ0n) is 10.8. The highest BCUT2D eigenvalue weighted by Gasteiger charge is 2.25. The van der Waals surface area contributed by atoms with E-state index in [9.17, 15) is 0 Å². The zero-order chi connectivity index (χ0) is 12.5. The molecule has 2 heterocycles. The van der Waals surface area contributed by atoms with Crippen molar-refractivity contribution in [1.29, 1.82) is 0 Å². The molecule has 96 valence electrons. The molecule has 1 fully saturated rings. The second-order valence-electron chi connectivity index (χ2n) is 4.83. The second-order valence-corrected chi connectivity index (χ2v) is 5.75. The molecular weight excluding hydrogens is 244 g/mol. The first kappa shape index (κ1) is 11.7. The number of hydrogen-bond donors (Lipinski definition) is 1. The van der Waals surface area contributed by atoms with E-state index in [1.165, 1.54) is 12.8 Å². The summed E-state index contributed by atoms with van der Waals surface area (Å²) < 4.78 is 2.24. The van der Waals surface area contributed by atoms with Crippen molar-refractivity contribution in [3.63, 3.8) is 0 Å². The van der Waals surface area contributed by atoms with Crippen molar-refractivity contribution in [3.05, 3.63) is 28.5 Å². The summed E-state index contributed by atoms with van der Waals surface area (Å²) in [6.45, 7) is 4.24. The van der Waals surface area contributed by atoms with Crippen LogP contribution >= 0.6 is 11.3 Å². The maximum Gasteiger partial charge on any atom is 0.203 e. The molecule has 1 unspecified atom stereocenters. The molecule has 1 N–H and O–H groups in total. The molecule has 4 nitrogen and oxygen atoms in total. The van der Waals surface area contributed by atoms with E-state index < -0.39 is 0 Å². The van der Waals surface area contributed by atoms with Crippen molar-refractivity contribution in [2.45, 2.75) is 45.2 Å². The molecule has 5 heteroatoms. The Morgan fingerprint density at radius 1 is 1.56 bits per heavy atom. The van der Waals surface area contributed by atoms with Crippen LogP contribution < -0.4 is 5.32 Å². The molecule has 0 bridgehead atoms. The van der Waals surface area contributed by atoms with Crippen LogP contribution in [0.4, 0.5) is 5.95 Å². The van der Waals surface area contributed by atoms with Gasteiger partial charge in [-0.1, -0.05) is 6.92 Å². The van der Waals surface area contributed by atoms with Gasteiger partial charge in [-0.05, 0) is 26.2 Å². The summed E-state index contributed by atoms with van der Waals surface area (Å²) in [5.74, 6) is 0.997. The summed E-state index contributed by atoms with van der Waals surface area (Å²) in [4.78, 5) is 9.05. The third kappa shape index (κ3) is 2.27. The van der Waals surface area contributed by atoms with Gasteiger partial charge in [0.15, 0.2) is 0 Å². The van der Waals surface area contributed by atoms with Crippen molar-refractivity contribution in [1.82, 2.24) is 14.5 Å². The van der Waals surface area contributed by atoms with E-state index >= 15 is 0 Å². The molecule has 1 aliphatic carbocycles. The molecule has 18 heavy (non-hydrogen) atoms. The van der Waals surface area contributed by atoms with Gasteiger partial charge in [-0.25, -0.2) is 9.97 Å². The molecule has 1 atom stereocenters. The van der Waals surface area contributed by atoms with Crippen LogP contribution in [0.1, 0.15) is 42.9 Å². The van der Waals surface area contributed by atoms with Crippen molar-refractivity contribution >= 4 is 17.3 Å². The lowest BCUT2D eigenvalue weighted by atomic mass is 10.2. The van der Waals surface area contributed by atoms with Gasteiger partial charge in [0.2, 0.25) is 5.95 Å². The van der Waals surface area contributed by atoms with Crippen LogP contribution in [0.2, 0.25) is 0 Å². The molecule has 1 saturated carbocycles. The monoisotopic (exact) mass is 262 g/mol. The topological polar surface area (TPSA) is 42.7 Å². The number of aryl methyl sites for hydroxylation is 1. The van der Waals surface area contributed by atoms with Crippen LogP contribution in [0.25, 0.3) is 0 Å². The van der Waals surface area contributed by atoms with Crippen molar-refractivity contribution < 1.29 is 0 Å². The number of thiazole rings is 1. The third-order valence-electron chi connectivity index (χ3n) is 3.22. The Morgan fingerprint density at radius 3 is 3.00 bits per heavy atom. The van der Waals surface area contributed by atoms with Crippen LogP contribution in [0.15, 0.2) is 17.8 Å². The van der Waals surface area contributed by atoms with E-state index in [0.717, 1.165) is 23.1 Å². The maximum atomic E-state index is 4.60. The molecule has 2 aromatic rings. The standard InChI is InChI=1S/C13H18N4S/c1-3-11(12-14-6-7-18-12)17-8-9(2)15-13(17)16-10-4-5-10/h6-8,10-11H,3-5H2,1-2H3,(H,15,16). The van der Waals surface area contributed by atoms with Gasteiger partial charge in [-0.15, -0.1) is 11.3 Å². The van der Waals surface area contributed by atoms with Crippen LogP contribution in [-0.2, 0) is 0 Å². The fourth-order valence-electron chi connectivity index (χ4n) is 2.16. The highest BCUT2D eigenvalue weighted by atomic mass is 32.1. The first-order valence-corrected chi connectivity index (χ1v) is 7.37. The molecule has 0 amide bonds. The van der Waals surface area contributed by atoms with Crippen LogP contribution in [0, 0.1) is 6.92 Å². The average Bonchev–Trinajstić information content (AvgIpc) is 2.87. The minimum Gasteiger partial charge on any atom is -0.353 e. The van der Waals surface area contributed by atoms with Gasteiger partial charge in [0, 0.05) is 23.8 Å². The number of rotatable bonds is 5. The lowest BCUT2D eigenvalue weighted by Crippen LogP contribution is -2.14. The number of aromatic nitrogens is 3. The summed E-state index contributed by atoms with van der Waals surface area (Å²) in [5, 5.41) is 6.71. The fourth-order valence-corrected chi connectivity index (χ4v) is 2.98. The normalized spacial score (nSPS) is 16.8. The highest BCUT2D eigenvalue weighted by molar-refractivity contribution is 7.09. The van der Waals surface area contributed by atoms with Crippen LogP contribution in [-0.4, -0.2) is 20.6 Å². The number of nitrogens with zero attached hydrogens (tertiary/aromatic N) is 3. The van der Waals surface area contributed by atoms with Gasteiger partial charge in [-0.3, -0.25) is 0 Å². The van der Waals surface area contributed by atoms with Gasteiger partial charge in [0.05, 0.1) is 11.7 Å². The summed E-state index contributed by atoms with van der Waals surface area (Å²) in [6.07, 6.45) is 7.56. The summed E-state index contributed by atoms with van der Waals surface area (Å²) in [7, 11) is 0. The molecule has 0 aliphatic heterocycles.